The van der Waals surface area contributed by atoms with Crippen LogP contribution in [0, 0.1) is 0 Å². The van der Waals surface area contributed by atoms with Gasteiger partial charge in [0.05, 0.1) is 12.7 Å². The summed E-state index contributed by atoms with van der Waals surface area (Å²) in [6, 6.07) is 12.5. The molecule has 0 saturated carbocycles. The molecule has 2 amide bonds. The maximum absolute atomic E-state index is 12.7. The number of amides is 2. The number of ether oxygens (including phenoxy) is 2. The molecule has 0 atom stereocenters. The lowest BCUT2D eigenvalue weighted by atomic mass is 10.1. The van der Waals surface area contributed by atoms with Crippen molar-refractivity contribution in [2.45, 2.75) is 13.5 Å². The lowest BCUT2D eigenvalue weighted by molar-refractivity contribution is -0.116. The van der Waals surface area contributed by atoms with Crippen molar-refractivity contribution in [3.05, 3.63) is 54.1 Å². The van der Waals surface area contributed by atoms with Crippen molar-refractivity contribution in [3.8, 4) is 11.5 Å². The van der Waals surface area contributed by atoms with Crippen LogP contribution in [0.5, 0.6) is 11.5 Å². The Morgan fingerprint density at radius 2 is 1.89 bits per heavy atom. The Kier molecular flexibility index (Phi) is 7.10. The Bertz CT molecular complexity index is 799. The molecule has 1 N–H and O–H groups in total. The minimum absolute atomic E-state index is 0.0335. The number of nitrogens with one attached hydrogen (secondary N) is 1. The molecule has 27 heavy (non-hydrogen) atoms. The van der Waals surface area contributed by atoms with Crippen LogP contribution < -0.4 is 14.8 Å². The number of alkyl halides is 2. The highest BCUT2D eigenvalue weighted by Crippen LogP contribution is 2.22. The molecule has 6 nitrogen and oxygen atoms in total. The van der Waals surface area contributed by atoms with Gasteiger partial charge in [0.15, 0.2) is 0 Å². The monoisotopic (exact) mass is 378 g/mol. The summed E-state index contributed by atoms with van der Waals surface area (Å²) < 4.78 is 34.6. The number of likely N-dealkylation sites (N-methyl/N-ethyl adjacent to an activating group) is 1. The molecule has 8 heteroatoms. The normalized spacial score (nSPS) is 10.4. The molecular formula is C19H20F2N2O4. The average Bonchev–Trinajstić information content (AvgIpc) is 2.65. The minimum Gasteiger partial charge on any atom is -0.497 e. The predicted octanol–water partition coefficient (Wildman–Crippen LogP) is 3.40. The van der Waals surface area contributed by atoms with Crippen molar-refractivity contribution in [2.75, 3.05) is 25.5 Å². The summed E-state index contributed by atoms with van der Waals surface area (Å²) in [5.74, 6) is -0.654. The fourth-order valence-electron chi connectivity index (χ4n) is 2.41. The fourth-order valence-corrected chi connectivity index (χ4v) is 2.41. The number of nitrogens with zero attached hydrogens (tertiary/aromatic N) is 1. The molecule has 2 rings (SSSR count). The third kappa shape index (κ3) is 5.67. The fraction of sp³-hybridized carbons (Fsp3) is 0.263. The van der Waals surface area contributed by atoms with E-state index in [1.807, 2.05) is 0 Å². The largest absolute Gasteiger partial charge is 0.497 e. The van der Waals surface area contributed by atoms with Gasteiger partial charge >= 0.3 is 6.61 Å². The van der Waals surface area contributed by atoms with Gasteiger partial charge in [-0.25, -0.2) is 0 Å². The minimum atomic E-state index is -3.05. The Morgan fingerprint density at radius 3 is 2.56 bits per heavy atom. The van der Waals surface area contributed by atoms with Crippen molar-refractivity contribution in [2.24, 2.45) is 0 Å². The second-order valence-electron chi connectivity index (χ2n) is 5.47. The van der Waals surface area contributed by atoms with Gasteiger partial charge in [-0.1, -0.05) is 18.2 Å². The molecule has 0 aliphatic rings. The summed E-state index contributed by atoms with van der Waals surface area (Å²) in [7, 11) is 1.51. The van der Waals surface area contributed by atoms with Crippen LogP contribution in [0.1, 0.15) is 17.3 Å². The molecule has 144 valence electrons. The Morgan fingerprint density at radius 1 is 1.15 bits per heavy atom. The number of para-hydroxylation sites is 1. The molecule has 0 fully saturated rings. The third-order valence-corrected chi connectivity index (χ3v) is 3.69. The molecule has 0 radical (unpaired) electrons. The zero-order valence-electron chi connectivity index (χ0n) is 14.9. The highest BCUT2D eigenvalue weighted by Gasteiger charge is 2.22. The second kappa shape index (κ2) is 9.51. The molecule has 0 aromatic heterocycles. The van der Waals surface area contributed by atoms with E-state index in [1.54, 1.807) is 31.2 Å². The van der Waals surface area contributed by atoms with Crippen LogP contribution in [-0.2, 0) is 4.79 Å². The molecule has 0 unspecified atom stereocenters. The standard InChI is InChI=1S/C19H20F2N2O4/c1-3-23(12-17(24)22-13-7-6-8-14(11-13)26-2)18(25)15-9-4-5-10-16(15)27-19(20)21/h4-11,19H,3,12H2,1-2H3,(H,22,24). The zero-order chi connectivity index (χ0) is 19.8. The molecule has 0 aliphatic heterocycles. The summed E-state index contributed by atoms with van der Waals surface area (Å²) in [4.78, 5) is 26.2. The number of carbonyl (C=O) groups excluding carboxylic acids is 2. The zero-order valence-corrected chi connectivity index (χ0v) is 14.9. The average molecular weight is 378 g/mol. The molecule has 0 heterocycles. The van der Waals surface area contributed by atoms with Crippen molar-refractivity contribution < 1.29 is 27.8 Å². The van der Waals surface area contributed by atoms with E-state index >= 15 is 0 Å². The summed E-state index contributed by atoms with van der Waals surface area (Å²) in [5.41, 5.74) is 0.484. The smallest absolute Gasteiger partial charge is 0.387 e. The van der Waals surface area contributed by atoms with E-state index in [0.29, 0.717) is 11.4 Å². The number of anilines is 1. The SMILES string of the molecule is CCN(CC(=O)Nc1cccc(OC)c1)C(=O)c1ccccc1OC(F)F. The van der Waals surface area contributed by atoms with E-state index in [9.17, 15) is 18.4 Å². The quantitative estimate of drug-likeness (QED) is 0.765. The van der Waals surface area contributed by atoms with Gasteiger partial charge < -0.3 is 19.7 Å². The van der Waals surface area contributed by atoms with E-state index in [4.69, 9.17) is 4.74 Å². The summed E-state index contributed by atoms with van der Waals surface area (Å²) in [6.45, 7) is -1.39. The molecule has 2 aromatic carbocycles. The van der Waals surface area contributed by atoms with Crippen LogP contribution in [0.25, 0.3) is 0 Å². The van der Waals surface area contributed by atoms with Crippen molar-refractivity contribution in [3.63, 3.8) is 0 Å². The first-order valence-electron chi connectivity index (χ1n) is 8.21. The number of hydrogen-bond donors (Lipinski definition) is 1. The van der Waals surface area contributed by atoms with Crippen molar-refractivity contribution >= 4 is 17.5 Å². The van der Waals surface area contributed by atoms with Crippen LogP contribution >= 0.6 is 0 Å². The maximum Gasteiger partial charge on any atom is 0.387 e. The van der Waals surface area contributed by atoms with Gasteiger partial charge in [0.1, 0.15) is 18.0 Å². The van der Waals surface area contributed by atoms with Gasteiger partial charge in [-0.05, 0) is 31.2 Å². The van der Waals surface area contributed by atoms with E-state index in [1.165, 1.54) is 36.3 Å². The van der Waals surface area contributed by atoms with E-state index in [-0.39, 0.29) is 24.4 Å². The molecule has 0 saturated heterocycles. The highest BCUT2D eigenvalue weighted by atomic mass is 19.3. The van der Waals surface area contributed by atoms with E-state index < -0.39 is 18.4 Å². The van der Waals surface area contributed by atoms with Gasteiger partial charge in [-0.15, -0.1) is 0 Å². The van der Waals surface area contributed by atoms with Gasteiger partial charge in [0.2, 0.25) is 5.91 Å². The van der Waals surface area contributed by atoms with Gasteiger partial charge in [-0.2, -0.15) is 8.78 Å². The van der Waals surface area contributed by atoms with Gasteiger partial charge in [0, 0.05) is 18.3 Å². The van der Waals surface area contributed by atoms with Crippen molar-refractivity contribution in [1.82, 2.24) is 4.90 Å². The van der Waals surface area contributed by atoms with E-state index in [2.05, 4.69) is 10.1 Å². The number of carbonyl (C=O) groups is 2. The second-order valence-corrected chi connectivity index (χ2v) is 5.47. The van der Waals surface area contributed by atoms with E-state index in [0.717, 1.165) is 0 Å². The van der Waals surface area contributed by atoms with Gasteiger partial charge in [-0.3, -0.25) is 9.59 Å². The van der Waals surface area contributed by atoms with Crippen LogP contribution in [0.3, 0.4) is 0 Å². The predicted molar refractivity (Wildman–Crippen MR) is 96.3 cm³/mol. The Labute approximate surface area is 155 Å². The Balaban J connectivity index is 2.10. The number of benzene rings is 2. The topological polar surface area (TPSA) is 67.9 Å². The maximum atomic E-state index is 12.7. The van der Waals surface area contributed by atoms with Crippen LogP contribution in [0.15, 0.2) is 48.5 Å². The molecule has 0 aliphatic carbocycles. The first-order chi connectivity index (χ1) is 12.9. The first-order valence-corrected chi connectivity index (χ1v) is 8.21. The number of methoxy groups -OCH3 is 1. The number of rotatable bonds is 8. The molecular weight excluding hydrogens is 358 g/mol. The van der Waals surface area contributed by atoms with Gasteiger partial charge in [0.25, 0.3) is 5.91 Å². The molecule has 2 aromatic rings. The third-order valence-electron chi connectivity index (χ3n) is 3.69. The first kappa shape index (κ1) is 20.2. The number of halogens is 2. The van der Waals surface area contributed by atoms with Crippen LogP contribution in [0.2, 0.25) is 0 Å². The van der Waals surface area contributed by atoms with Crippen LogP contribution in [0.4, 0.5) is 14.5 Å². The highest BCUT2D eigenvalue weighted by molar-refractivity contribution is 6.00. The Hall–Kier alpha value is -3.16. The summed E-state index contributed by atoms with van der Waals surface area (Å²) in [5, 5.41) is 2.67. The van der Waals surface area contributed by atoms with Crippen LogP contribution in [-0.4, -0.2) is 43.5 Å². The number of hydrogen-bond acceptors (Lipinski definition) is 4. The lowest BCUT2D eigenvalue weighted by Gasteiger charge is -2.21. The summed E-state index contributed by atoms with van der Waals surface area (Å²) in [6.07, 6.45) is 0. The van der Waals surface area contributed by atoms with Crippen molar-refractivity contribution in [1.29, 1.82) is 0 Å². The summed E-state index contributed by atoms with van der Waals surface area (Å²) >= 11 is 0. The molecule has 0 spiro atoms. The molecule has 0 bridgehead atoms. The lowest BCUT2D eigenvalue weighted by Crippen LogP contribution is -2.38.